The molecule has 0 spiro atoms. The molecule has 0 aliphatic heterocycles. The maximum Gasteiger partial charge on any atom is 0.173 e. The van der Waals surface area contributed by atoms with Gasteiger partial charge in [-0.2, -0.15) is 0 Å². The molecule has 1 aromatic heterocycles. The van der Waals surface area contributed by atoms with Gasteiger partial charge in [-0.05, 0) is 48.9 Å². The minimum atomic E-state index is 0.169. The number of benzene rings is 2. The van der Waals surface area contributed by atoms with E-state index in [1.54, 1.807) is 0 Å². The van der Waals surface area contributed by atoms with Crippen molar-refractivity contribution in [3.8, 4) is 0 Å². The Morgan fingerprint density at radius 2 is 1.78 bits per heavy atom. The Morgan fingerprint density at radius 1 is 1.04 bits per heavy atom. The highest BCUT2D eigenvalue weighted by molar-refractivity contribution is 7.99. The van der Waals surface area contributed by atoms with Gasteiger partial charge in [0.2, 0.25) is 0 Å². The number of pyridine rings is 1. The fraction of sp³-hybridized carbons (Fsp3) is 0.333. The zero-order valence-electron chi connectivity index (χ0n) is 15.8. The van der Waals surface area contributed by atoms with Gasteiger partial charge in [-0.3, -0.25) is 4.79 Å². The van der Waals surface area contributed by atoms with Crippen molar-refractivity contribution in [3.63, 3.8) is 0 Å². The summed E-state index contributed by atoms with van der Waals surface area (Å²) in [5.74, 6) is 1.28. The highest BCUT2D eigenvalue weighted by Gasteiger charge is 2.16. The smallest absolute Gasteiger partial charge is 0.173 e. The van der Waals surface area contributed by atoms with Crippen molar-refractivity contribution in [2.45, 2.75) is 50.0 Å². The molecular formula is C24H25NOS. The number of aryl methyl sites for hydroxylation is 1. The van der Waals surface area contributed by atoms with Crippen LogP contribution in [0.5, 0.6) is 0 Å². The average Bonchev–Trinajstić information content (AvgIpc) is 2.73. The molecule has 0 amide bonds. The second-order valence-electron chi connectivity index (χ2n) is 7.46. The van der Waals surface area contributed by atoms with Crippen LogP contribution < -0.4 is 0 Å². The molecule has 1 heterocycles. The second kappa shape index (κ2) is 8.26. The number of nitrogens with zero attached hydrogens (tertiary/aromatic N) is 1. The maximum atomic E-state index is 12.6. The van der Waals surface area contributed by atoms with Gasteiger partial charge in [-0.15, -0.1) is 0 Å². The molecule has 4 rings (SSSR count). The molecule has 0 radical (unpaired) electrons. The van der Waals surface area contributed by atoms with Crippen LogP contribution in [-0.2, 0) is 0 Å². The normalized spacial score (nSPS) is 15.1. The molecule has 1 saturated carbocycles. The lowest BCUT2D eigenvalue weighted by Crippen LogP contribution is -2.06. The van der Waals surface area contributed by atoms with Gasteiger partial charge in [-0.25, -0.2) is 4.98 Å². The number of carbonyl (C=O) groups is 1. The number of aromatic nitrogens is 1. The van der Waals surface area contributed by atoms with Gasteiger partial charge in [0.25, 0.3) is 0 Å². The quantitative estimate of drug-likeness (QED) is 0.373. The van der Waals surface area contributed by atoms with Crippen LogP contribution in [0.2, 0.25) is 0 Å². The number of thioether (sulfide) groups is 1. The van der Waals surface area contributed by atoms with E-state index in [1.807, 2.05) is 30.3 Å². The van der Waals surface area contributed by atoms with Crippen LogP contribution in [0, 0.1) is 6.92 Å². The van der Waals surface area contributed by atoms with Gasteiger partial charge in [0.15, 0.2) is 5.78 Å². The van der Waals surface area contributed by atoms with Gasteiger partial charge < -0.3 is 0 Å². The van der Waals surface area contributed by atoms with Crippen molar-refractivity contribution in [3.05, 3.63) is 71.3 Å². The largest absolute Gasteiger partial charge is 0.293 e. The van der Waals surface area contributed by atoms with E-state index < -0.39 is 0 Å². The van der Waals surface area contributed by atoms with Crippen LogP contribution in [0.25, 0.3) is 10.9 Å². The third-order valence-corrected chi connectivity index (χ3v) is 6.47. The van der Waals surface area contributed by atoms with Gasteiger partial charge in [0.05, 0.1) is 16.3 Å². The second-order valence-corrected chi connectivity index (χ2v) is 8.46. The van der Waals surface area contributed by atoms with Crippen molar-refractivity contribution < 1.29 is 4.79 Å². The van der Waals surface area contributed by atoms with Crippen LogP contribution in [0.3, 0.4) is 0 Å². The Morgan fingerprint density at radius 3 is 2.56 bits per heavy atom. The number of fused-ring (bicyclic) bond motifs is 1. The molecule has 3 heteroatoms. The summed E-state index contributed by atoms with van der Waals surface area (Å²) < 4.78 is 0. The minimum Gasteiger partial charge on any atom is -0.293 e. The van der Waals surface area contributed by atoms with Crippen LogP contribution in [0.15, 0.2) is 59.6 Å². The topological polar surface area (TPSA) is 30.0 Å². The number of Topliss-reactive ketones (excluding diaryl/α,β-unsaturated/α-hetero) is 1. The third-order valence-electron chi connectivity index (χ3n) is 5.56. The van der Waals surface area contributed by atoms with Crippen LogP contribution in [0.4, 0.5) is 0 Å². The van der Waals surface area contributed by atoms with Gasteiger partial charge in [0.1, 0.15) is 0 Å². The van der Waals surface area contributed by atoms with E-state index in [9.17, 15) is 4.79 Å². The van der Waals surface area contributed by atoms with Crippen molar-refractivity contribution in [2.24, 2.45) is 0 Å². The first-order chi connectivity index (χ1) is 13.2. The third kappa shape index (κ3) is 4.24. The molecule has 0 atom stereocenters. The Hall–Kier alpha value is -2.13. The van der Waals surface area contributed by atoms with E-state index in [0.717, 1.165) is 16.1 Å². The van der Waals surface area contributed by atoms with E-state index in [4.69, 9.17) is 0 Å². The minimum absolute atomic E-state index is 0.169. The average molecular weight is 376 g/mol. The molecule has 1 aliphatic rings. The predicted molar refractivity (Wildman–Crippen MR) is 114 cm³/mol. The number of para-hydroxylation sites is 1. The van der Waals surface area contributed by atoms with E-state index in [2.05, 4.69) is 36.2 Å². The molecule has 0 N–H and O–H groups in total. The summed E-state index contributed by atoms with van der Waals surface area (Å²) >= 11 is 1.52. The molecule has 2 nitrogen and oxygen atoms in total. The number of hydrogen-bond acceptors (Lipinski definition) is 3. The first kappa shape index (κ1) is 18.2. The predicted octanol–water partition coefficient (Wildman–Crippen LogP) is 6.57. The van der Waals surface area contributed by atoms with Crippen LogP contribution in [-0.4, -0.2) is 16.5 Å². The van der Waals surface area contributed by atoms with Crippen LogP contribution >= 0.6 is 11.8 Å². The Kier molecular flexibility index (Phi) is 5.58. The highest BCUT2D eigenvalue weighted by Crippen LogP contribution is 2.32. The summed E-state index contributed by atoms with van der Waals surface area (Å²) in [4.78, 5) is 17.3. The molecule has 138 valence electrons. The van der Waals surface area contributed by atoms with Crippen molar-refractivity contribution in [1.29, 1.82) is 0 Å². The fourth-order valence-corrected chi connectivity index (χ4v) is 4.86. The zero-order valence-corrected chi connectivity index (χ0v) is 16.6. The summed E-state index contributed by atoms with van der Waals surface area (Å²) in [6.45, 7) is 2.10. The lowest BCUT2D eigenvalue weighted by atomic mass is 9.84. The van der Waals surface area contributed by atoms with E-state index in [1.165, 1.54) is 60.4 Å². The standard InChI is InChI=1S/C24H25NOS/c1-17-15-24(25-22-10-6-5-9-21(17)22)27-16-23(26)20-13-11-19(12-14-20)18-7-3-2-4-8-18/h5-6,9-15,18H,2-4,7-8,16H2,1H3. The first-order valence-corrected chi connectivity index (χ1v) is 10.8. The van der Waals surface area contributed by atoms with E-state index in [-0.39, 0.29) is 5.78 Å². The molecule has 1 aliphatic carbocycles. The first-order valence-electron chi connectivity index (χ1n) is 9.83. The number of hydrogen-bond donors (Lipinski definition) is 0. The zero-order chi connectivity index (χ0) is 18.6. The highest BCUT2D eigenvalue weighted by atomic mass is 32.2. The summed E-state index contributed by atoms with van der Waals surface area (Å²) in [7, 11) is 0. The Bertz CT molecular complexity index is 942. The Balaban J connectivity index is 1.42. The van der Waals surface area contributed by atoms with Gasteiger partial charge >= 0.3 is 0 Å². The molecule has 0 bridgehead atoms. The molecule has 0 unspecified atom stereocenters. The molecule has 1 fully saturated rings. The van der Waals surface area contributed by atoms with E-state index >= 15 is 0 Å². The molecule has 2 aromatic carbocycles. The maximum absolute atomic E-state index is 12.6. The summed E-state index contributed by atoms with van der Waals surface area (Å²) in [5, 5.41) is 2.09. The van der Waals surface area contributed by atoms with Gasteiger partial charge in [-0.1, -0.05) is 73.5 Å². The molecule has 3 aromatic rings. The molecule has 27 heavy (non-hydrogen) atoms. The Labute approximate surface area is 165 Å². The summed E-state index contributed by atoms with van der Waals surface area (Å²) in [6, 6.07) is 18.6. The lowest BCUT2D eigenvalue weighted by Gasteiger charge is -2.22. The summed E-state index contributed by atoms with van der Waals surface area (Å²) in [6.07, 6.45) is 6.61. The SMILES string of the molecule is Cc1cc(SCC(=O)c2ccc(C3CCCCC3)cc2)nc2ccccc12. The number of ketones is 1. The summed E-state index contributed by atoms with van der Waals surface area (Å²) in [5.41, 5.74) is 4.39. The van der Waals surface area contributed by atoms with Crippen molar-refractivity contribution >= 4 is 28.4 Å². The van der Waals surface area contributed by atoms with E-state index in [0.29, 0.717) is 11.7 Å². The monoisotopic (exact) mass is 375 g/mol. The molecular weight excluding hydrogens is 350 g/mol. The van der Waals surface area contributed by atoms with Gasteiger partial charge in [0, 0.05) is 10.9 Å². The number of rotatable bonds is 5. The number of carbonyl (C=O) groups excluding carboxylic acids is 1. The fourth-order valence-electron chi connectivity index (χ4n) is 3.99. The molecule has 0 saturated heterocycles. The lowest BCUT2D eigenvalue weighted by molar-refractivity contribution is 0.102. The van der Waals surface area contributed by atoms with Crippen molar-refractivity contribution in [2.75, 3.05) is 5.75 Å². The van der Waals surface area contributed by atoms with Crippen molar-refractivity contribution in [1.82, 2.24) is 4.98 Å². The van der Waals surface area contributed by atoms with Crippen LogP contribution in [0.1, 0.15) is 59.5 Å².